The van der Waals surface area contributed by atoms with E-state index in [0.717, 1.165) is 81.4 Å². The molecule has 9 heterocycles. The highest BCUT2D eigenvalue weighted by Gasteiger charge is 2.79. The number of para-hydroxylation sites is 2. The zero-order valence-electron chi connectivity index (χ0n) is 30.5. The Balaban J connectivity index is 1.01. The molecule has 2 aromatic rings. The Morgan fingerprint density at radius 1 is 0.865 bits per heavy atom. The maximum absolute atomic E-state index is 14.0. The van der Waals surface area contributed by atoms with Crippen molar-refractivity contribution in [3.05, 3.63) is 64.9 Å². The molecular formula is C43H50N4O5. The van der Waals surface area contributed by atoms with Gasteiger partial charge in [-0.05, 0) is 93.6 Å². The smallest absolute Gasteiger partial charge is 0.335 e. The molecule has 11 aliphatic rings. The number of ether oxygens (including phenoxy) is 4. The van der Waals surface area contributed by atoms with Crippen molar-refractivity contribution in [3.63, 3.8) is 0 Å². The van der Waals surface area contributed by atoms with Crippen LogP contribution in [-0.2, 0) is 29.8 Å². The van der Waals surface area contributed by atoms with Gasteiger partial charge in [-0.1, -0.05) is 30.3 Å². The van der Waals surface area contributed by atoms with Crippen molar-refractivity contribution in [2.75, 3.05) is 70.4 Å². The Morgan fingerprint density at radius 2 is 1.71 bits per heavy atom. The van der Waals surface area contributed by atoms with E-state index in [1.807, 2.05) is 7.11 Å². The van der Waals surface area contributed by atoms with Gasteiger partial charge in [0.15, 0.2) is 0 Å². The second-order valence-electron chi connectivity index (χ2n) is 18.8. The first-order chi connectivity index (χ1) is 25.4. The minimum Gasteiger partial charge on any atom is -0.495 e. The fourth-order valence-corrected chi connectivity index (χ4v) is 16.8. The van der Waals surface area contributed by atoms with Gasteiger partial charge in [0.2, 0.25) is 0 Å². The van der Waals surface area contributed by atoms with Crippen LogP contribution in [0.5, 0.6) is 5.75 Å². The minimum absolute atomic E-state index is 0.0538. The summed E-state index contributed by atoms with van der Waals surface area (Å²) >= 11 is 0. The third kappa shape index (κ3) is 3.05. The first-order valence-electron chi connectivity index (χ1n) is 20.3. The number of anilines is 2. The number of rotatable bonds is 2. The summed E-state index contributed by atoms with van der Waals surface area (Å²) in [6.07, 6.45) is 9.09. The zero-order valence-corrected chi connectivity index (χ0v) is 30.5. The van der Waals surface area contributed by atoms with E-state index in [-0.39, 0.29) is 45.2 Å². The van der Waals surface area contributed by atoms with E-state index in [1.54, 1.807) is 12.7 Å². The molecule has 1 saturated carbocycles. The van der Waals surface area contributed by atoms with Gasteiger partial charge in [-0.25, -0.2) is 4.79 Å². The van der Waals surface area contributed by atoms with E-state index in [1.165, 1.54) is 43.5 Å². The highest BCUT2D eigenvalue weighted by Crippen LogP contribution is 2.75. The van der Waals surface area contributed by atoms with E-state index < -0.39 is 0 Å². The maximum Gasteiger partial charge on any atom is 0.335 e. The average molecular weight is 703 g/mol. The molecule has 52 heavy (non-hydrogen) atoms. The van der Waals surface area contributed by atoms with Crippen LogP contribution in [0.15, 0.2) is 53.7 Å². The van der Waals surface area contributed by atoms with Crippen LogP contribution in [0.3, 0.4) is 0 Å². The van der Waals surface area contributed by atoms with Crippen molar-refractivity contribution in [2.45, 2.75) is 92.5 Å². The molecule has 13 rings (SSSR count). The second-order valence-corrected chi connectivity index (χ2v) is 18.8. The summed E-state index contributed by atoms with van der Waals surface area (Å²) in [4.78, 5) is 22.7. The average Bonchev–Trinajstić information content (AvgIpc) is 4.02. The number of piperidine rings is 3. The Labute approximate surface area is 305 Å². The summed E-state index contributed by atoms with van der Waals surface area (Å²) in [5.41, 5.74) is 7.13. The Kier molecular flexibility index (Phi) is 5.57. The van der Waals surface area contributed by atoms with Gasteiger partial charge in [0.05, 0.1) is 43.1 Å². The van der Waals surface area contributed by atoms with Crippen molar-refractivity contribution in [1.82, 2.24) is 9.80 Å². The Hall–Kier alpha value is -3.11. The van der Waals surface area contributed by atoms with Crippen LogP contribution < -0.4 is 15.0 Å². The van der Waals surface area contributed by atoms with Gasteiger partial charge in [-0.3, -0.25) is 9.80 Å². The fourth-order valence-electron chi connectivity index (χ4n) is 16.8. The zero-order chi connectivity index (χ0) is 34.4. The van der Waals surface area contributed by atoms with Crippen molar-refractivity contribution >= 4 is 17.3 Å². The van der Waals surface area contributed by atoms with Crippen molar-refractivity contribution in [2.24, 2.45) is 22.2 Å². The lowest BCUT2D eigenvalue weighted by molar-refractivity contribution is -0.174. The van der Waals surface area contributed by atoms with E-state index in [4.69, 9.17) is 18.9 Å². The molecule has 9 aliphatic heterocycles. The predicted molar refractivity (Wildman–Crippen MR) is 195 cm³/mol. The van der Waals surface area contributed by atoms with Gasteiger partial charge < -0.3 is 29.2 Å². The number of nitrogens with zero attached hydrogens (tertiary/aromatic N) is 3. The number of fused-ring (bicyclic) bond motifs is 4. The molecule has 9 nitrogen and oxygen atoms in total. The van der Waals surface area contributed by atoms with Crippen LogP contribution >= 0.6 is 0 Å². The number of methoxy groups -OCH3 is 2. The number of nitrogens with one attached hydrogen (secondary N) is 1. The van der Waals surface area contributed by atoms with E-state index in [0.29, 0.717) is 30.5 Å². The molecular weight excluding hydrogens is 652 g/mol. The highest BCUT2D eigenvalue weighted by atomic mass is 16.5. The summed E-state index contributed by atoms with van der Waals surface area (Å²) < 4.78 is 26.0. The largest absolute Gasteiger partial charge is 0.495 e. The number of benzene rings is 2. The molecule has 0 bridgehead atoms. The monoisotopic (exact) mass is 702 g/mol. The molecule has 0 aromatic heterocycles. The quantitative estimate of drug-likeness (QED) is 0.443. The number of hydrogen-bond donors (Lipinski definition) is 1. The molecule has 5 spiro atoms. The minimum atomic E-state index is -0.252. The summed E-state index contributed by atoms with van der Waals surface area (Å²) in [6, 6.07) is 17.1. The van der Waals surface area contributed by atoms with Gasteiger partial charge in [0.1, 0.15) is 5.75 Å². The summed E-state index contributed by atoms with van der Waals surface area (Å²) in [5.74, 6) is 1.38. The fraction of sp³-hybridized carbons (Fsp3) is 0.651. The number of esters is 1. The van der Waals surface area contributed by atoms with Crippen LogP contribution in [0.4, 0.5) is 11.4 Å². The lowest BCUT2D eigenvalue weighted by Gasteiger charge is -2.68. The molecule has 0 unspecified atom stereocenters. The molecule has 8 fully saturated rings. The first-order valence-corrected chi connectivity index (χ1v) is 20.3. The topological polar surface area (TPSA) is 75.7 Å². The third-order valence-corrected chi connectivity index (χ3v) is 17.5. The molecule has 9 heteroatoms. The predicted octanol–water partition coefficient (Wildman–Crippen LogP) is 4.84. The Morgan fingerprint density at radius 3 is 2.62 bits per heavy atom. The molecule has 2 aromatic carbocycles. The van der Waals surface area contributed by atoms with Gasteiger partial charge in [-0.2, -0.15) is 0 Å². The lowest BCUT2D eigenvalue weighted by Crippen LogP contribution is -2.76. The molecule has 1 N–H and O–H groups in total. The molecule has 2 aliphatic carbocycles. The number of carbonyl (C=O) groups excluding carboxylic acids is 1. The van der Waals surface area contributed by atoms with Crippen LogP contribution in [0.2, 0.25) is 0 Å². The maximum atomic E-state index is 14.0. The second kappa shape index (κ2) is 9.57. The molecule has 11 atom stereocenters. The van der Waals surface area contributed by atoms with E-state index in [2.05, 4.69) is 62.5 Å². The van der Waals surface area contributed by atoms with Crippen LogP contribution in [0.1, 0.15) is 62.5 Å². The first kappa shape index (κ1) is 30.2. The highest BCUT2D eigenvalue weighted by molar-refractivity contribution is 5.93. The van der Waals surface area contributed by atoms with Gasteiger partial charge >= 0.3 is 5.97 Å². The summed E-state index contributed by atoms with van der Waals surface area (Å²) in [7, 11) is 3.43. The normalized spacial score (nSPS) is 46.8. The van der Waals surface area contributed by atoms with Crippen LogP contribution in [0.25, 0.3) is 0 Å². The van der Waals surface area contributed by atoms with Gasteiger partial charge in [0, 0.05) is 84.0 Å². The number of carbonyl (C=O) groups is 1. The third-order valence-electron chi connectivity index (χ3n) is 17.5. The molecule has 0 amide bonds. The molecule has 272 valence electrons. The van der Waals surface area contributed by atoms with Gasteiger partial charge in [0.25, 0.3) is 0 Å². The standard InChI is InChI=1S/C43H50N4O5/c1-49-30-9-5-7-28-32(30)47-24-39(20-25-21-40-13-18-51-31(40)10-15-45-16-12-43(28,34(25)47)36(40)45)23-46-17-11-42-27-6-3-4-8-29(27)44-33(42)26(35(48)50-2)22-41(37(42)46)14-19-52-38(39)41/h3-9,25,31,34,36-38,44H,10-24H2,1-2H3/t25-,31+,34-,36+,37+,38+,39+,40-,41+,42+,43+/m1/s1. The van der Waals surface area contributed by atoms with E-state index >= 15 is 0 Å². The van der Waals surface area contributed by atoms with Gasteiger partial charge in [-0.15, -0.1) is 0 Å². The summed E-state index contributed by atoms with van der Waals surface area (Å²) in [5, 5.41) is 3.82. The van der Waals surface area contributed by atoms with Crippen LogP contribution in [0, 0.1) is 22.2 Å². The number of hydrogen-bond acceptors (Lipinski definition) is 9. The van der Waals surface area contributed by atoms with Crippen LogP contribution in [-0.4, -0.2) is 106 Å². The van der Waals surface area contributed by atoms with Crippen molar-refractivity contribution in [1.29, 1.82) is 0 Å². The van der Waals surface area contributed by atoms with Crippen molar-refractivity contribution < 1.29 is 23.7 Å². The lowest BCUT2D eigenvalue weighted by atomic mass is 9.44. The SMILES string of the molecule is COC(=O)C1=C2Nc3ccccc3[C@@]23CCN2C[C@]4(C[C@@H]5C[C@]67CCO[C@H]6CCN6CC[C@@]8(c9cccc(OC)c9N(C4)[C@H]58)[C@@H]67)[C@@H]4OCC[C@]4(C1)[C@H]23. The summed E-state index contributed by atoms with van der Waals surface area (Å²) in [6.45, 7) is 7.04. The Bertz CT molecular complexity index is 2000. The molecule has 0 radical (unpaired) electrons. The molecule has 7 saturated heterocycles. The van der Waals surface area contributed by atoms with Crippen molar-refractivity contribution in [3.8, 4) is 5.75 Å². The van der Waals surface area contributed by atoms with E-state index in [9.17, 15) is 4.79 Å².